The Labute approximate surface area is 135 Å². The number of amides is 1. The third kappa shape index (κ3) is 2.91. The Morgan fingerprint density at radius 1 is 1.25 bits per heavy atom. The zero-order chi connectivity index (χ0) is 17.5. The molecule has 1 aliphatic rings. The summed E-state index contributed by atoms with van der Waals surface area (Å²) in [7, 11) is 0. The second-order valence-corrected chi connectivity index (χ2v) is 5.79. The number of halogens is 3. The summed E-state index contributed by atoms with van der Waals surface area (Å²) in [4.78, 5) is 12.7. The van der Waals surface area contributed by atoms with Gasteiger partial charge in [0.15, 0.2) is 0 Å². The molecule has 3 rings (SSSR count). The summed E-state index contributed by atoms with van der Waals surface area (Å²) in [5.74, 6) is -3.99. The van der Waals surface area contributed by atoms with Crippen LogP contribution in [0.5, 0.6) is 0 Å². The van der Waals surface area contributed by atoms with Crippen LogP contribution in [0, 0.1) is 18.8 Å². The van der Waals surface area contributed by atoms with Crippen LogP contribution in [-0.2, 0) is 4.79 Å². The molecule has 0 aliphatic carbocycles. The third-order valence-corrected chi connectivity index (χ3v) is 4.12. The predicted molar refractivity (Wildman–Crippen MR) is 78.3 cm³/mol. The van der Waals surface area contributed by atoms with Crippen molar-refractivity contribution in [3.8, 4) is 5.69 Å². The van der Waals surface area contributed by atoms with E-state index in [0.717, 1.165) is 5.56 Å². The Hall–Kier alpha value is -2.65. The second kappa shape index (κ2) is 5.77. The fraction of sp³-hybridized carbons (Fsp3) is 0.429. The van der Waals surface area contributed by atoms with E-state index >= 15 is 0 Å². The average molecular weight is 340 g/mol. The van der Waals surface area contributed by atoms with E-state index in [0.29, 0.717) is 5.69 Å². The lowest BCUT2D eigenvalue weighted by molar-refractivity contribution is -0.181. The molecule has 1 aromatic heterocycles. The zero-order valence-corrected chi connectivity index (χ0v) is 12.7. The van der Waals surface area contributed by atoms with Gasteiger partial charge in [0, 0.05) is 13.1 Å². The topological polar surface area (TPSA) is 89.9 Å². The Kier molecular flexibility index (Phi) is 3.90. The molecule has 1 aromatic carbocycles. The molecule has 0 spiro atoms. The first kappa shape index (κ1) is 16.2. The van der Waals surface area contributed by atoms with Gasteiger partial charge in [0.25, 0.3) is 0 Å². The van der Waals surface area contributed by atoms with Crippen molar-refractivity contribution in [2.75, 3.05) is 18.0 Å². The number of nitrogens with zero attached hydrogens (tertiary/aromatic N) is 5. The van der Waals surface area contributed by atoms with Gasteiger partial charge >= 0.3 is 6.18 Å². The van der Waals surface area contributed by atoms with Gasteiger partial charge < -0.3 is 10.6 Å². The van der Waals surface area contributed by atoms with Crippen LogP contribution in [0.1, 0.15) is 5.56 Å². The van der Waals surface area contributed by atoms with E-state index in [1.807, 2.05) is 19.1 Å². The summed E-state index contributed by atoms with van der Waals surface area (Å²) >= 11 is 0. The lowest BCUT2D eigenvalue weighted by atomic mass is 9.95. The smallest absolute Gasteiger partial charge is 0.369 e. The van der Waals surface area contributed by atoms with Crippen molar-refractivity contribution in [3.05, 3.63) is 29.8 Å². The highest BCUT2D eigenvalue weighted by Crippen LogP contribution is 2.38. The zero-order valence-electron chi connectivity index (χ0n) is 12.7. The number of aryl methyl sites for hydroxylation is 1. The molecule has 1 saturated heterocycles. The lowest BCUT2D eigenvalue weighted by Crippen LogP contribution is -2.37. The van der Waals surface area contributed by atoms with Gasteiger partial charge in [0.05, 0.1) is 17.5 Å². The molecule has 1 fully saturated rings. The maximum absolute atomic E-state index is 13.2. The summed E-state index contributed by atoms with van der Waals surface area (Å²) < 4.78 is 40.8. The number of rotatable bonds is 3. The number of tetrazole rings is 1. The van der Waals surface area contributed by atoms with Crippen LogP contribution in [0.4, 0.5) is 19.1 Å². The molecule has 2 heterocycles. The fourth-order valence-corrected chi connectivity index (χ4v) is 2.82. The van der Waals surface area contributed by atoms with Crippen molar-refractivity contribution in [3.63, 3.8) is 0 Å². The lowest BCUT2D eigenvalue weighted by Gasteiger charge is -2.18. The minimum Gasteiger partial charge on any atom is -0.369 e. The molecular formula is C14H15F3N6O. The Balaban J connectivity index is 1.92. The van der Waals surface area contributed by atoms with Crippen LogP contribution in [0.15, 0.2) is 24.3 Å². The number of nitrogens with two attached hydrogens (primary N) is 1. The number of benzene rings is 1. The highest BCUT2D eigenvalue weighted by atomic mass is 19.4. The van der Waals surface area contributed by atoms with Gasteiger partial charge in [-0.15, -0.1) is 0 Å². The van der Waals surface area contributed by atoms with Gasteiger partial charge in [0.1, 0.15) is 0 Å². The van der Waals surface area contributed by atoms with Crippen LogP contribution in [0.3, 0.4) is 0 Å². The maximum Gasteiger partial charge on any atom is 0.394 e. The van der Waals surface area contributed by atoms with Crippen LogP contribution in [-0.4, -0.2) is 45.4 Å². The number of anilines is 1. The SMILES string of the molecule is Cc1ccc(-n2nnnc2N2C[C@@H](C(F)(F)F)[C@H](C(N)=O)C2)cc1. The average Bonchev–Trinajstić information content (AvgIpc) is 3.14. The summed E-state index contributed by atoms with van der Waals surface area (Å²) in [5, 5.41) is 11.2. The van der Waals surface area contributed by atoms with E-state index in [-0.39, 0.29) is 12.5 Å². The molecule has 1 amide bonds. The molecule has 128 valence electrons. The van der Waals surface area contributed by atoms with E-state index in [4.69, 9.17) is 5.73 Å². The van der Waals surface area contributed by atoms with Crippen LogP contribution in [0.2, 0.25) is 0 Å². The standard InChI is InChI=1S/C14H15F3N6O/c1-8-2-4-9(5-3-8)23-13(19-20-21-23)22-6-10(12(18)24)11(7-22)14(15,16)17/h2-5,10-11H,6-7H2,1H3,(H2,18,24)/t10-,11-/m1/s1. The molecular weight excluding hydrogens is 325 g/mol. The van der Waals surface area contributed by atoms with Crippen LogP contribution in [0.25, 0.3) is 5.69 Å². The molecule has 2 aromatic rings. The fourth-order valence-electron chi connectivity index (χ4n) is 2.82. The van der Waals surface area contributed by atoms with Crippen LogP contribution >= 0.6 is 0 Å². The number of hydrogen-bond acceptors (Lipinski definition) is 5. The number of alkyl halides is 3. The highest BCUT2D eigenvalue weighted by molar-refractivity contribution is 5.78. The van der Waals surface area contributed by atoms with Crippen LogP contribution < -0.4 is 10.6 Å². The van der Waals surface area contributed by atoms with Gasteiger partial charge in [0.2, 0.25) is 11.9 Å². The normalized spacial score (nSPS) is 21.2. The van der Waals surface area contributed by atoms with Crippen molar-refractivity contribution in [1.82, 2.24) is 20.2 Å². The van der Waals surface area contributed by atoms with Gasteiger partial charge in [-0.2, -0.15) is 17.9 Å². The summed E-state index contributed by atoms with van der Waals surface area (Å²) in [6.07, 6.45) is -4.52. The molecule has 0 saturated carbocycles. The summed E-state index contributed by atoms with van der Waals surface area (Å²) in [6, 6.07) is 7.21. The van der Waals surface area contributed by atoms with E-state index in [1.165, 1.54) is 9.58 Å². The molecule has 0 unspecified atom stereocenters. The molecule has 2 atom stereocenters. The van der Waals surface area contributed by atoms with E-state index < -0.39 is 30.5 Å². The summed E-state index contributed by atoms with van der Waals surface area (Å²) in [6.45, 7) is 1.32. The number of carbonyl (C=O) groups excluding carboxylic acids is 1. The first-order chi connectivity index (χ1) is 11.3. The molecule has 0 bridgehead atoms. The minimum atomic E-state index is -4.52. The van der Waals surface area contributed by atoms with Crippen molar-refractivity contribution in [2.24, 2.45) is 17.6 Å². The summed E-state index contributed by atoms with van der Waals surface area (Å²) in [5.41, 5.74) is 6.79. The highest BCUT2D eigenvalue weighted by Gasteiger charge is 2.52. The second-order valence-electron chi connectivity index (χ2n) is 5.79. The first-order valence-electron chi connectivity index (χ1n) is 7.24. The van der Waals surface area contributed by atoms with E-state index in [9.17, 15) is 18.0 Å². The van der Waals surface area contributed by atoms with Crippen molar-refractivity contribution >= 4 is 11.9 Å². The first-order valence-corrected chi connectivity index (χ1v) is 7.24. The van der Waals surface area contributed by atoms with Crippen molar-refractivity contribution in [2.45, 2.75) is 13.1 Å². The number of carbonyl (C=O) groups is 1. The largest absolute Gasteiger partial charge is 0.394 e. The quantitative estimate of drug-likeness (QED) is 0.903. The number of hydrogen-bond donors (Lipinski definition) is 1. The third-order valence-electron chi connectivity index (χ3n) is 4.12. The van der Waals surface area contributed by atoms with E-state index in [1.54, 1.807) is 12.1 Å². The van der Waals surface area contributed by atoms with Crippen molar-refractivity contribution in [1.29, 1.82) is 0 Å². The van der Waals surface area contributed by atoms with Gasteiger partial charge in [-0.3, -0.25) is 4.79 Å². The number of aromatic nitrogens is 4. The molecule has 1 aliphatic heterocycles. The van der Waals surface area contributed by atoms with Crippen molar-refractivity contribution < 1.29 is 18.0 Å². The maximum atomic E-state index is 13.2. The molecule has 7 nitrogen and oxygen atoms in total. The van der Waals surface area contributed by atoms with E-state index in [2.05, 4.69) is 15.5 Å². The molecule has 24 heavy (non-hydrogen) atoms. The Morgan fingerprint density at radius 3 is 2.46 bits per heavy atom. The molecule has 0 radical (unpaired) electrons. The minimum absolute atomic E-state index is 0.150. The van der Waals surface area contributed by atoms with Gasteiger partial charge in [-0.05, 0) is 29.5 Å². The number of primary amides is 1. The molecule has 10 heteroatoms. The van der Waals surface area contributed by atoms with Gasteiger partial charge in [-0.1, -0.05) is 22.8 Å². The molecule has 2 N–H and O–H groups in total. The Bertz CT molecular complexity index is 742. The Morgan fingerprint density at radius 2 is 1.92 bits per heavy atom. The monoisotopic (exact) mass is 340 g/mol. The predicted octanol–water partition coefficient (Wildman–Crippen LogP) is 1.07. The van der Waals surface area contributed by atoms with Gasteiger partial charge in [-0.25, -0.2) is 0 Å².